The van der Waals surface area contributed by atoms with Crippen LogP contribution < -0.4 is 0 Å². The summed E-state index contributed by atoms with van der Waals surface area (Å²) >= 11 is 0. The summed E-state index contributed by atoms with van der Waals surface area (Å²) < 4.78 is 83.9. The van der Waals surface area contributed by atoms with Gasteiger partial charge in [-0.1, -0.05) is 26.0 Å². The molecule has 218 valence electrons. The minimum absolute atomic E-state index is 0.0220. The summed E-state index contributed by atoms with van der Waals surface area (Å²) in [5.74, 6) is 0.564. The molecule has 4 aliphatic rings. The van der Waals surface area contributed by atoms with Gasteiger partial charge in [-0.15, -0.1) is 0 Å². The fraction of sp³-hybridized carbons (Fsp3) is 0.750. The predicted molar refractivity (Wildman–Crippen MR) is 132 cm³/mol. The number of amides is 1. The van der Waals surface area contributed by atoms with Crippen LogP contribution >= 0.6 is 0 Å². The molecule has 11 heteroatoms. The van der Waals surface area contributed by atoms with Crippen molar-refractivity contribution in [3.8, 4) is 0 Å². The largest absolute Gasteiger partial charge is 0.416 e. The molecule has 39 heavy (non-hydrogen) atoms. The van der Waals surface area contributed by atoms with Gasteiger partial charge in [0, 0.05) is 50.6 Å². The topological polar surface area (TPSA) is 36.0 Å². The standard InChI is InChI=1S/C28H37F6N3O2/c1-18(2)24-17-39-26-10-9-22(13-21(26)7-8-25(38)37(24)26)36(23-15-35(16-23)12-11-27(29,30)31)14-19-3-5-20(6-4-19)28(32,33)34/h3-6,18,21-24H,7-17H2,1-2H3/t21-,22+,24-,26-/m1/s1. The van der Waals surface area contributed by atoms with Gasteiger partial charge in [0.25, 0.3) is 0 Å². The van der Waals surface area contributed by atoms with Gasteiger partial charge in [-0.2, -0.15) is 26.3 Å². The molecule has 1 saturated carbocycles. The second-order valence-electron chi connectivity index (χ2n) is 12.0. The van der Waals surface area contributed by atoms with Crippen LogP contribution in [0.5, 0.6) is 0 Å². The third-order valence-corrected chi connectivity index (χ3v) is 9.25. The Bertz CT molecular complexity index is 1020. The highest BCUT2D eigenvalue weighted by Gasteiger charge is 2.59. The lowest BCUT2D eigenvalue weighted by Gasteiger charge is -2.56. The maximum atomic E-state index is 13.1. The Balaban J connectivity index is 1.32. The van der Waals surface area contributed by atoms with E-state index in [0.717, 1.165) is 37.0 Å². The molecule has 5 rings (SSSR count). The molecule has 1 aliphatic carbocycles. The zero-order chi connectivity index (χ0) is 28.2. The number of carbonyl (C=O) groups excluding carboxylic acids is 1. The molecule has 0 N–H and O–H groups in total. The number of carbonyl (C=O) groups is 1. The molecule has 4 fully saturated rings. The lowest BCUT2D eigenvalue weighted by atomic mass is 9.72. The minimum atomic E-state index is -4.41. The molecule has 1 aromatic rings. The van der Waals surface area contributed by atoms with Gasteiger partial charge in [-0.25, -0.2) is 0 Å². The summed E-state index contributed by atoms with van der Waals surface area (Å²) in [7, 11) is 0. The molecular formula is C28H37F6N3O2. The Morgan fingerprint density at radius 1 is 1.05 bits per heavy atom. The van der Waals surface area contributed by atoms with Crippen molar-refractivity contribution in [2.75, 3.05) is 26.2 Å². The van der Waals surface area contributed by atoms with Gasteiger partial charge in [0.2, 0.25) is 5.91 Å². The van der Waals surface area contributed by atoms with Gasteiger partial charge in [-0.3, -0.25) is 14.6 Å². The van der Waals surface area contributed by atoms with Gasteiger partial charge in [0.1, 0.15) is 5.72 Å². The Morgan fingerprint density at radius 3 is 2.36 bits per heavy atom. The molecule has 1 spiro atoms. The smallest absolute Gasteiger partial charge is 0.353 e. The van der Waals surface area contributed by atoms with Crippen LogP contribution in [0.4, 0.5) is 26.3 Å². The first kappa shape index (κ1) is 28.7. The van der Waals surface area contributed by atoms with Crippen LogP contribution in [-0.4, -0.2) is 76.9 Å². The van der Waals surface area contributed by atoms with Crippen LogP contribution in [0.25, 0.3) is 0 Å². The Morgan fingerprint density at radius 2 is 1.74 bits per heavy atom. The van der Waals surface area contributed by atoms with E-state index in [9.17, 15) is 31.1 Å². The number of ether oxygens (including phenoxy) is 1. The summed E-state index contributed by atoms with van der Waals surface area (Å²) in [5.41, 5.74) is -0.557. The first-order valence-electron chi connectivity index (χ1n) is 13.9. The van der Waals surface area contributed by atoms with Crippen molar-refractivity contribution in [2.45, 2.75) is 95.1 Å². The Labute approximate surface area is 225 Å². The second kappa shape index (κ2) is 10.5. The highest BCUT2D eigenvalue weighted by Crippen LogP contribution is 2.51. The molecule has 0 radical (unpaired) electrons. The first-order chi connectivity index (χ1) is 18.3. The van der Waals surface area contributed by atoms with E-state index in [1.54, 1.807) is 4.90 Å². The first-order valence-corrected chi connectivity index (χ1v) is 13.9. The lowest BCUT2D eigenvalue weighted by Crippen LogP contribution is -2.66. The monoisotopic (exact) mass is 561 g/mol. The normalized spacial score (nSPS) is 30.6. The molecule has 5 nitrogen and oxygen atoms in total. The van der Waals surface area contributed by atoms with Crippen LogP contribution in [0.15, 0.2) is 24.3 Å². The molecule has 0 aromatic heterocycles. The summed E-state index contributed by atoms with van der Waals surface area (Å²) in [6.07, 6.45) is -6.05. The van der Waals surface area contributed by atoms with E-state index in [0.29, 0.717) is 39.1 Å². The van der Waals surface area contributed by atoms with Gasteiger partial charge in [0.05, 0.1) is 24.6 Å². The van der Waals surface area contributed by atoms with Crippen molar-refractivity contribution in [3.05, 3.63) is 35.4 Å². The van der Waals surface area contributed by atoms with Gasteiger partial charge in [-0.05, 0) is 49.3 Å². The summed E-state index contributed by atoms with van der Waals surface area (Å²) in [5, 5.41) is 0. The van der Waals surface area contributed by atoms with Crippen LogP contribution in [0.1, 0.15) is 63.5 Å². The van der Waals surface area contributed by atoms with E-state index in [1.165, 1.54) is 12.1 Å². The Hall–Kier alpha value is -1.85. The maximum absolute atomic E-state index is 13.1. The number of likely N-dealkylation sites (tertiary alicyclic amines) is 1. The zero-order valence-electron chi connectivity index (χ0n) is 22.4. The number of piperidine rings is 1. The third kappa shape index (κ3) is 5.81. The van der Waals surface area contributed by atoms with Gasteiger partial charge >= 0.3 is 12.4 Å². The lowest BCUT2D eigenvalue weighted by molar-refractivity contribution is -0.194. The molecule has 3 heterocycles. The molecule has 1 amide bonds. The number of benzene rings is 1. The molecule has 4 atom stereocenters. The van der Waals surface area contributed by atoms with Crippen LogP contribution in [0.3, 0.4) is 0 Å². The highest BCUT2D eigenvalue weighted by molar-refractivity contribution is 5.78. The van der Waals surface area contributed by atoms with Crippen LogP contribution in [0, 0.1) is 11.8 Å². The van der Waals surface area contributed by atoms with E-state index in [-0.39, 0.29) is 42.4 Å². The molecule has 0 unspecified atom stereocenters. The molecular weight excluding hydrogens is 524 g/mol. The highest BCUT2D eigenvalue weighted by atomic mass is 19.4. The SMILES string of the molecule is CC(C)[C@H]1CO[C@]23CC[C@H](N(Cc4ccc(C(F)(F)F)cc4)C4CN(CCC(F)(F)F)C4)C[C@H]2CCC(=O)N13. The number of rotatable bonds is 7. The van der Waals surface area contributed by atoms with Crippen molar-refractivity contribution >= 4 is 5.91 Å². The zero-order valence-corrected chi connectivity index (χ0v) is 22.4. The van der Waals surface area contributed by atoms with Crippen molar-refractivity contribution in [3.63, 3.8) is 0 Å². The summed E-state index contributed by atoms with van der Waals surface area (Å²) in [4.78, 5) is 19.1. The van der Waals surface area contributed by atoms with Crippen molar-refractivity contribution in [1.29, 1.82) is 0 Å². The molecule has 0 bridgehead atoms. The van der Waals surface area contributed by atoms with Crippen LogP contribution in [-0.2, 0) is 22.3 Å². The predicted octanol–water partition coefficient (Wildman–Crippen LogP) is 5.69. The minimum Gasteiger partial charge on any atom is -0.353 e. The summed E-state index contributed by atoms with van der Waals surface area (Å²) in [6, 6.07) is 5.34. The van der Waals surface area contributed by atoms with Crippen molar-refractivity contribution < 1.29 is 35.9 Å². The van der Waals surface area contributed by atoms with E-state index >= 15 is 0 Å². The number of hydrogen-bond donors (Lipinski definition) is 0. The number of alkyl halides is 6. The third-order valence-electron chi connectivity index (χ3n) is 9.25. The number of nitrogens with zero attached hydrogens (tertiary/aromatic N) is 3. The van der Waals surface area contributed by atoms with Gasteiger partial charge in [0.15, 0.2) is 0 Å². The number of hydrogen-bond acceptors (Lipinski definition) is 4. The molecule has 3 saturated heterocycles. The average Bonchev–Trinajstić information content (AvgIpc) is 3.22. The fourth-order valence-electron chi connectivity index (χ4n) is 7.11. The Kier molecular flexibility index (Phi) is 7.74. The quantitative estimate of drug-likeness (QED) is 0.401. The average molecular weight is 562 g/mol. The van der Waals surface area contributed by atoms with Crippen molar-refractivity contribution in [1.82, 2.24) is 14.7 Å². The van der Waals surface area contributed by atoms with E-state index < -0.39 is 30.1 Å². The molecule has 3 aliphatic heterocycles. The maximum Gasteiger partial charge on any atom is 0.416 e. The van der Waals surface area contributed by atoms with E-state index in [1.807, 2.05) is 4.90 Å². The van der Waals surface area contributed by atoms with Crippen LogP contribution in [0.2, 0.25) is 0 Å². The summed E-state index contributed by atoms with van der Waals surface area (Å²) in [6.45, 7) is 6.10. The molecule has 1 aromatic carbocycles. The van der Waals surface area contributed by atoms with E-state index in [4.69, 9.17) is 4.74 Å². The van der Waals surface area contributed by atoms with Crippen molar-refractivity contribution in [2.24, 2.45) is 11.8 Å². The fourth-order valence-corrected chi connectivity index (χ4v) is 7.11. The van der Waals surface area contributed by atoms with E-state index in [2.05, 4.69) is 18.7 Å². The second-order valence-corrected chi connectivity index (χ2v) is 12.0. The van der Waals surface area contributed by atoms with Gasteiger partial charge < -0.3 is 9.64 Å². The number of halogens is 6.